The van der Waals surface area contributed by atoms with Gasteiger partial charge in [-0.2, -0.15) is 26.3 Å². The first-order chi connectivity index (χ1) is 15.7. The predicted octanol–water partition coefficient (Wildman–Crippen LogP) is 7.06. The summed E-state index contributed by atoms with van der Waals surface area (Å²) in [6, 6.07) is 14.1. The Labute approximate surface area is 192 Å². The van der Waals surface area contributed by atoms with Gasteiger partial charge in [0.25, 0.3) is 0 Å². The molecule has 1 atom stereocenters. The number of hydrogen-bond acceptors (Lipinski definition) is 2. The molecule has 34 heavy (non-hydrogen) atoms. The quantitative estimate of drug-likeness (QED) is 0.378. The van der Waals surface area contributed by atoms with Crippen molar-refractivity contribution in [2.24, 2.45) is 0 Å². The number of aliphatic hydroxyl groups is 1. The molecule has 0 aliphatic rings. The highest BCUT2D eigenvalue weighted by Crippen LogP contribution is 2.32. The van der Waals surface area contributed by atoms with E-state index in [0.29, 0.717) is 17.7 Å². The van der Waals surface area contributed by atoms with Crippen molar-refractivity contribution in [3.05, 3.63) is 88.7 Å². The number of hydrogen-bond donors (Lipinski definition) is 1. The Balaban J connectivity index is 2.00. The van der Waals surface area contributed by atoms with Crippen LogP contribution < -0.4 is 4.90 Å². The Morgan fingerprint density at radius 3 is 2.03 bits per heavy atom. The lowest BCUT2D eigenvalue weighted by Crippen LogP contribution is -2.41. The third-order valence-electron chi connectivity index (χ3n) is 5.28. The normalized spacial score (nSPS) is 13.1. The molecule has 0 fully saturated rings. The Bertz CT molecular complexity index is 1130. The van der Waals surface area contributed by atoms with Crippen LogP contribution in [0.25, 0.3) is 11.1 Å². The summed E-state index contributed by atoms with van der Waals surface area (Å²) in [6.45, 7) is 2.40. The van der Waals surface area contributed by atoms with Crippen molar-refractivity contribution in [2.75, 3.05) is 11.4 Å². The van der Waals surface area contributed by atoms with E-state index in [9.17, 15) is 35.8 Å². The fraction of sp³-hybridized carbons (Fsp3) is 0.280. The number of aliphatic hydroxyl groups excluding tert-OH is 1. The fourth-order valence-electron chi connectivity index (χ4n) is 3.65. The van der Waals surface area contributed by atoms with Gasteiger partial charge in [0, 0.05) is 17.8 Å². The Morgan fingerprint density at radius 1 is 0.824 bits per heavy atom. The van der Waals surface area contributed by atoms with Gasteiger partial charge in [-0.15, -0.1) is 0 Å². The second-order valence-corrected chi connectivity index (χ2v) is 8.17. The maximum Gasteiger partial charge on any atom is 0.416 e. The summed E-state index contributed by atoms with van der Waals surface area (Å²) in [5, 5.41) is 9.67. The number of alkyl halides is 6. The highest BCUT2D eigenvalue weighted by molar-refractivity contribution is 5.70. The summed E-state index contributed by atoms with van der Waals surface area (Å²) in [5.41, 5.74) is 2.28. The second-order valence-electron chi connectivity index (χ2n) is 8.17. The SMILES string of the molecule is Cc1cc(C)cc(-c2cccc(N(Cc3ccc(C(F)(F)F)cc3F)C[C@@H](O)C(F)(F)F)c2)c1. The van der Waals surface area contributed by atoms with Crippen molar-refractivity contribution in [3.8, 4) is 11.1 Å². The van der Waals surface area contributed by atoms with Crippen LogP contribution in [0.5, 0.6) is 0 Å². The summed E-state index contributed by atoms with van der Waals surface area (Å²) in [5.74, 6) is -1.20. The van der Waals surface area contributed by atoms with Gasteiger partial charge in [-0.05, 0) is 49.2 Å². The summed E-state index contributed by atoms with van der Waals surface area (Å²) in [6.07, 6.45) is -12.4. The van der Waals surface area contributed by atoms with E-state index in [4.69, 9.17) is 0 Å². The van der Waals surface area contributed by atoms with Gasteiger partial charge in [0.15, 0.2) is 6.10 Å². The molecule has 3 rings (SSSR count). The highest BCUT2D eigenvalue weighted by atomic mass is 19.4. The number of rotatable bonds is 6. The largest absolute Gasteiger partial charge is 0.416 e. The van der Waals surface area contributed by atoms with Crippen molar-refractivity contribution in [1.29, 1.82) is 0 Å². The molecule has 0 saturated carbocycles. The average Bonchev–Trinajstić information content (AvgIpc) is 2.72. The molecule has 0 saturated heterocycles. The number of benzene rings is 3. The van der Waals surface area contributed by atoms with Crippen LogP contribution in [0.15, 0.2) is 60.7 Å². The molecule has 0 amide bonds. The summed E-state index contributed by atoms with van der Waals surface area (Å²) in [4.78, 5) is 1.09. The number of halogens is 7. The minimum atomic E-state index is -4.93. The lowest BCUT2D eigenvalue weighted by Gasteiger charge is -2.29. The highest BCUT2D eigenvalue weighted by Gasteiger charge is 2.39. The molecule has 1 N–H and O–H groups in total. The van der Waals surface area contributed by atoms with E-state index in [-0.39, 0.29) is 11.3 Å². The van der Waals surface area contributed by atoms with Crippen LogP contribution in [0.3, 0.4) is 0 Å². The van der Waals surface area contributed by atoms with Gasteiger partial charge in [-0.1, -0.05) is 47.5 Å². The smallest absolute Gasteiger partial charge is 0.382 e. The first-order valence-electron chi connectivity index (χ1n) is 10.3. The first-order valence-corrected chi connectivity index (χ1v) is 10.3. The van der Waals surface area contributed by atoms with Gasteiger partial charge in [-0.3, -0.25) is 0 Å². The third-order valence-corrected chi connectivity index (χ3v) is 5.28. The van der Waals surface area contributed by atoms with Gasteiger partial charge in [0.05, 0.1) is 12.1 Å². The molecule has 0 heterocycles. The fourth-order valence-corrected chi connectivity index (χ4v) is 3.65. The maximum atomic E-state index is 14.4. The zero-order chi connectivity index (χ0) is 25.3. The van der Waals surface area contributed by atoms with Gasteiger partial charge in [-0.25, -0.2) is 4.39 Å². The van der Waals surface area contributed by atoms with Gasteiger partial charge in [0.1, 0.15) is 5.82 Å². The molecule has 9 heteroatoms. The maximum absolute atomic E-state index is 14.4. The zero-order valence-electron chi connectivity index (χ0n) is 18.3. The molecule has 0 bridgehead atoms. The Kier molecular flexibility index (Phi) is 7.26. The topological polar surface area (TPSA) is 23.5 Å². The Morgan fingerprint density at radius 2 is 1.47 bits per heavy atom. The molecule has 0 aromatic heterocycles. The van der Waals surface area contributed by atoms with Crippen LogP contribution in [0.2, 0.25) is 0 Å². The molecule has 0 unspecified atom stereocenters. The summed E-state index contributed by atoms with van der Waals surface area (Å²) < 4.78 is 92.3. The minimum absolute atomic E-state index is 0.237. The van der Waals surface area contributed by atoms with E-state index in [1.807, 2.05) is 32.0 Å². The molecular weight excluding hydrogens is 463 g/mol. The molecule has 0 aliphatic carbocycles. The van der Waals surface area contributed by atoms with Gasteiger partial charge >= 0.3 is 12.4 Å². The van der Waals surface area contributed by atoms with Crippen LogP contribution in [-0.4, -0.2) is 23.9 Å². The minimum Gasteiger partial charge on any atom is -0.382 e. The van der Waals surface area contributed by atoms with Crippen molar-refractivity contribution < 1.29 is 35.8 Å². The lowest BCUT2D eigenvalue weighted by atomic mass is 10.00. The van der Waals surface area contributed by atoms with E-state index in [2.05, 4.69) is 0 Å². The standard InChI is InChI=1S/C25H22F7NO/c1-15-8-16(2)10-19(9-15)17-4-3-5-21(11-17)33(14-23(34)25(30,31)32)13-18-6-7-20(12-22(18)26)24(27,28)29/h3-12,23,34H,13-14H2,1-2H3/t23-/m1/s1. The van der Waals surface area contributed by atoms with Crippen molar-refractivity contribution in [2.45, 2.75) is 38.8 Å². The molecule has 0 radical (unpaired) electrons. The summed E-state index contributed by atoms with van der Waals surface area (Å²) >= 11 is 0. The van der Waals surface area contributed by atoms with E-state index >= 15 is 0 Å². The zero-order valence-corrected chi connectivity index (χ0v) is 18.3. The molecule has 2 nitrogen and oxygen atoms in total. The van der Waals surface area contributed by atoms with E-state index < -0.39 is 42.9 Å². The van der Waals surface area contributed by atoms with Crippen LogP contribution in [-0.2, 0) is 12.7 Å². The molecule has 182 valence electrons. The monoisotopic (exact) mass is 485 g/mol. The second kappa shape index (κ2) is 9.66. The van der Waals surface area contributed by atoms with Crippen LogP contribution in [0.1, 0.15) is 22.3 Å². The predicted molar refractivity (Wildman–Crippen MR) is 116 cm³/mol. The van der Waals surface area contributed by atoms with Crippen molar-refractivity contribution in [3.63, 3.8) is 0 Å². The first kappa shape index (κ1) is 25.6. The number of anilines is 1. The molecular formula is C25H22F7NO. The molecule has 0 spiro atoms. The molecule has 3 aromatic carbocycles. The number of nitrogens with zero attached hydrogens (tertiary/aromatic N) is 1. The van der Waals surface area contributed by atoms with Crippen LogP contribution in [0, 0.1) is 19.7 Å². The van der Waals surface area contributed by atoms with Gasteiger partial charge in [0.2, 0.25) is 0 Å². The third kappa shape index (κ3) is 6.28. The lowest BCUT2D eigenvalue weighted by molar-refractivity contribution is -0.200. The van der Waals surface area contributed by atoms with Crippen molar-refractivity contribution in [1.82, 2.24) is 0 Å². The van der Waals surface area contributed by atoms with Crippen LogP contribution in [0.4, 0.5) is 36.4 Å². The number of aryl methyl sites for hydroxylation is 2. The molecule has 3 aromatic rings. The summed E-state index contributed by atoms with van der Waals surface area (Å²) in [7, 11) is 0. The van der Waals surface area contributed by atoms with E-state index in [1.54, 1.807) is 18.2 Å². The van der Waals surface area contributed by atoms with E-state index in [0.717, 1.165) is 27.7 Å². The molecule has 0 aliphatic heterocycles. The average molecular weight is 485 g/mol. The van der Waals surface area contributed by atoms with E-state index in [1.165, 1.54) is 6.07 Å². The Hall–Kier alpha value is -3.07. The van der Waals surface area contributed by atoms with Crippen LogP contribution >= 0.6 is 0 Å². The van der Waals surface area contributed by atoms with Crippen molar-refractivity contribution >= 4 is 5.69 Å². The van der Waals surface area contributed by atoms with Gasteiger partial charge < -0.3 is 10.0 Å².